The summed E-state index contributed by atoms with van der Waals surface area (Å²) >= 11 is 0. The number of esters is 2. The molecule has 2 N–H and O–H groups in total. The van der Waals surface area contributed by atoms with Crippen LogP contribution in [0.2, 0.25) is 0 Å². The van der Waals surface area contributed by atoms with Crippen LogP contribution in [0.3, 0.4) is 0 Å². The number of carbonyl (C=O) groups is 4. The number of nitrogens with one attached hydrogen (secondary N) is 2. The second kappa shape index (κ2) is 10.7. The van der Waals surface area contributed by atoms with Gasteiger partial charge in [-0.3, -0.25) is 9.59 Å². The van der Waals surface area contributed by atoms with E-state index in [1.54, 1.807) is 48.5 Å². The smallest absolute Gasteiger partial charge is 0.332 e. The first-order valence-corrected chi connectivity index (χ1v) is 12.7. The van der Waals surface area contributed by atoms with E-state index < -0.39 is 24.0 Å². The van der Waals surface area contributed by atoms with Crippen molar-refractivity contribution in [3.8, 4) is 0 Å². The number of rotatable bonds is 8. The fraction of sp³-hybridized carbons (Fsp3) is 0.333. The van der Waals surface area contributed by atoms with E-state index in [2.05, 4.69) is 22.8 Å². The summed E-state index contributed by atoms with van der Waals surface area (Å²) in [5.41, 5.74) is 1.68. The molecular formula is C30H30N2O6. The van der Waals surface area contributed by atoms with E-state index in [0.29, 0.717) is 11.1 Å². The van der Waals surface area contributed by atoms with Crippen LogP contribution in [0, 0.1) is 29.6 Å². The van der Waals surface area contributed by atoms with Crippen LogP contribution in [-0.4, -0.2) is 50.1 Å². The van der Waals surface area contributed by atoms with Crippen LogP contribution in [0.15, 0.2) is 84.5 Å². The van der Waals surface area contributed by atoms with E-state index in [-0.39, 0.29) is 41.4 Å². The third-order valence-electron chi connectivity index (χ3n) is 8.01. The first kappa shape index (κ1) is 25.4. The fourth-order valence-corrected chi connectivity index (χ4v) is 6.35. The largest absolute Gasteiger partial charge is 0.467 e. The Morgan fingerprint density at radius 1 is 0.789 bits per heavy atom. The topological polar surface area (TPSA) is 111 Å². The molecule has 0 radical (unpaired) electrons. The molecule has 0 aliphatic heterocycles. The zero-order valence-electron chi connectivity index (χ0n) is 21.2. The molecule has 2 aromatic rings. The van der Waals surface area contributed by atoms with Gasteiger partial charge in [-0.15, -0.1) is 0 Å². The molecule has 2 aromatic carbocycles. The number of benzene rings is 2. The van der Waals surface area contributed by atoms with Gasteiger partial charge in [0.05, 0.1) is 14.2 Å². The molecule has 1 fully saturated rings. The Kier molecular flexibility index (Phi) is 7.13. The lowest BCUT2D eigenvalue weighted by Crippen LogP contribution is -2.50. The van der Waals surface area contributed by atoms with Gasteiger partial charge in [-0.2, -0.15) is 0 Å². The summed E-state index contributed by atoms with van der Waals surface area (Å²) < 4.78 is 10.2. The number of fused-ring (bicyclic) bond motifs is 5. The van der Waals surface area contributed by atoms with Crippen LogP contribution >= 0.6 is 0 Å². The van der Waals surface area contributed by atoms with Gasteiger partial charge in [-0.1, -0.05) is 54.6 Å². The van der Waals surface area contributed by atoms with E-state index in [1.807, 2.05) is 18.2 Å². The quantitative estimate of drug-likeness (QED) is 0.414. The van der Waals surface area contributed by atoms with E-state index in [4.69, 9.17) is 9.47 Å². The Hall–Kier alpha value is -4.20. The summed E-state index contributed by atoms with van der Waals surface area (Å²) in [6.07, 6.45) is 6.95. The highest BCUT2D eigenvalue weighted by atomic mass is 16.5. The highest BCUT2D eigenvalue weighted by Crippen LogP contribution is 2.59. The lowest BCUT2D eigenvalue weighted by molar-refractivity contribution is -0.145. The highest BCUT2D eigenvalue weighted by molar-refractivity contribution is 5.98. The van der Waals surface area contributed by atoms with Crippen molar-refractivity contribution in [1.29, 1.82) is 0 Å². The molecule has 8 nitrogen and oxygen atoms in total. The zero-order valence-corrected chi connectivity index (χ0v) is 21.2. The van der Waals surface area contributed by atoms with Crippen LogP contribution in [0.25, 0.3) is 0 Å². The average molecular weight is 515 g/mol. The SMILES string of the molecule is COC(=O)C(NC(=O)c1ccccc1)C1=CC2CC1C1C2C=CC1C(NC(=O)c1ccccc1)C(=O)OC. The third kappa shape index (κ3) is 4.62. The summed E-state index contributed by atoms with van der Waals surface area (Å²) in [5.74, 6) is -1.94. The highest BCUT2D eigenvalue weighted by Gasteiger charge is 2.56. The average Bonchev–Trinajstić information content (AvgIpc) is 3.68. The molecule has 0 heterocycles. The maximum Gasteiger partial charge on any atom is 0.332 e. The van der Waals surface area contributed by atoms with Crippen molar-refractivity contribution >= 4 is 23.8 Å². The van der Waals surface area contributed by atoms with Gasteiger partial charge in [0.1, 0.15) is 12.1 Å². The van der Waals surface area contributed by atoms with Crippen molar-refractivity contribution in [2.24, 2.45) is 29.6 Å². The molecule has 0 spiro atoms. The van der Waals surface area contributed by atoms with Gasteiger partial charge in [0, 0.05) is 17.0 Å². The number of ether oxygens (including phenoxy) is 2. The van der Waals surface area contributed by atoms with Crippen molar-refractivity contribution in [2.45, 2.75) is 18.5 Å². The number of carbonyl (C=O) groups excluding carboxylic acids is 4. The monoisotopic (exact) mass is 514 g/mol. The predicted octanol–water partition coefficient (Wildman–Crippen LogP) is 2.92. The van der Waals surface area contributed by atoms with Crippen LogP contribution in [0.4, 0.5) is 0 Å². The molecule has 5 rings (SSSR count). The van der Waals surface area contributed by atoms with Gasteiger partial charge in [0.2, 0.25) is 0 Å². The van der Waals surface area contributed by atoms with Gasteiger partial charge in [-0.25, -0.2) is 9.59 Å². The summed E-state index contributed by atoms with van der Waals surface area (Å²) in [6, 6.07) is 15.6. The maximum atomic E-state index is 13.0. The number of hydrogen-bond donors (Lipinski definition) is 2. The lowest BCUT2D eigenvalue weighted by atomic mass is 9.72. The molecule has 196 valence electrons. The normalized spacial score (nSPS) is 26.1. The number of hydrogen-bond acceptors (Lipinski definition) is 6. The molecule has 2 amide bonds. The molecule has 2 bridgehead atoms. The van der Waals surface area contributed by atoms with Crippen molar-refractivity contribution < 1.29 is 28.7 Å². The van der Waals surface area contributed by atoms with Gasteiger partial charge in [-0.05, 0) is 59.9 Å². The molecule has 0 saturated heterocycles. The number of allylic oxidation sites excluding steroid dienone is 2. The zero-order chi connectivity index (χ0) is 26.8. The van der Waals surface area contributed by atoms with Crippen molar-refractivity contribution in [2.75, 3.05) is 14.2 Å². The van der Waals surface area contributed by atoms with Crippen molar-refractivity contribution in [3.05, 3.63) is 95.6 Å². The van der Waals surface area contributed by atoms with Crippen molar-refractivity contribution in [3.63, 3.8) is 0 Å². The Balaban J connectivity index is 1.40. The lowest BCUT2D eigenvalue weighted by Gasteiger charge is -2.35. The molecule has 8 heteroatoms. The molecular weight excluding hydrogens is 484 g/mol. The minimum absolute atomic E-state index is 0.0408. The molecule has 1 saturated carbocycles. The molecule has 7 atom stereocenters. The van der Waals surface area contributed by atoms with Crippen LogP contribution < -0.4 is 10.6 Å². The summed E-state index contributed by atoms with van der Waals surface area (Å²) in [4.78, 5) is 51.7. The van der Waals surface area contributed by atoms with E-state index >= 15 is 0 Å². The third-order valence-corrected chi connectivity index (χ3v) is 8.01. The van der Waals surface area contributed by atoms with Gasteiger partial charge < -0.3 is 20.1 Å². The molecule has 3 aliphatic carbocycles. The van der Waals surface area contributed by atoms with Crippen molar-refractivity contribution in [1.82, 2.24) is 10.6 Å². The Labute approximate surface area is 221 Å². The standard InChI is InChI=1S/C30H30N2O6/c1-37-29(35)25(31-27(33)17-9-5-3-6-10-17)21-14-13-20-19-15-22(24(20)21)23(16-19)26(30(36)38-2)32-28(34)18-11-7-4-8-12-18/h3-14,16,19-22,24-26H,15H2,1-2H3,(H,31,33)(H,32,34). The fourth-order valence-electron chi connectivity index (χ4n) is 6.35. The molecule has 7 unspecified atom stereocenters. The Morgan fingerprint density at radius 3 is 1.95 bits per heavy atom. The van der Waals surface area contributed by atoms with Crippen LogP contribution in [0.5, 0.6) is 0 Å². The molecule has 0 aromatic heterocycles. The predicted molar refractivity (Wildman–Crippen MR) is 139 cm³/mol. The van der Waals surface area contributed by atoms with Gasteiger partial charge in [0.25, 0.3) is 11.8 Å². The van der Waals surface area contributed by atoms with Crippen LogP contribution in [-0.2, 0) is 19.1 Å². The summed E-state index contributed by atoms with van der Waals surface area (Å²) in [5, 5.41) is 5.74. The molecule has 38 heavy (non-hydrogen) atoms. The molecule has 3 aliphatic rings. The number of methoxy groups -OCH3 is 2. The van der Waals surface area contributed by atoms with Gasteiger partial charge >= 0.3 is 11.9 Å². The Morgan fingerprint density at radius 2 is 1.37 bits per heavy atom. The van der Waals surface area contributed by atoms with E-state index in [1.165, 1.54) is 14.2 Å². The second-order valence-electron chi connectivity index (χ2n) is 9.93. The second-order valence-corrected chi connectivity index (χ2v) is 9.93. The Bertz CT molecular complexity index is 1290. The first-order chi connectivity index (χ1) is 18.4. The minimum Gasteiger partial charge on any atom is -0.467 e. The minimum atomic E-state index is -0.944. The number of amides is 2. The van der Waals surface area contributed by atoms with Crippen LogP contribution in [0.1, 0.15) is 27.1 Å². The van der Waals surface area contributed by atoms with E-state index in [9.17, 15) is 19.2 Å². The van der Waals surface area contributed by atoms with Gasteiger partial charge in [0.15, 0.2) is 0 Å². The summed E-state index contributed by atoms with van der Waals surface area (Å²) in [7, 11) is 2.60. The summed E-state index contributed by atoms with van der Waals surface area (Å²) in [6.45, 7) is 0. The first-order valence-electron chi connectivity index (χ1n) is 12.7. The maximum absolute atomic E-state index is 13.0. The van der Waals surface area contributed by atoms with E-state index in [0.717, 1.165) is 12.0 Å².